The summed E-state index contributed by atoms with van der Waals surface area (Å²) in [5.41, 5.74) is 4.98. The lowest BCUT2D eigenvalue weighted by Gasteiger charge is -2.11. The number of imidazole rings is 1. The first-order valence-electron chi connectivity index (χ1n) is 6.74. The van der Waals surface area contributed by atoms with Gasteiger partial charge in [-0.1, -0.05) is 66.4 Å². The molecule has 1 aliphatic heterocycles. The zero-order valence-electron chi connectivity index (χ0n) is 11.0. The molecule has 3 aromatic rings. The number of allylic oxidation sites excluding steroid dienone is 1. The number of rotatable bonds is 3. The Morgan fingerprint density at radius 1 is 1.05 bits per heavy atom. The molecule has 98 valence electrons. The van der Waals surface area contributed by atoms with Crippen LogP contribution in [-0.4, -0.2) is 9.55 Å². The summed E-state index contributed by atoms with van der Waals surface area (Å²) in [6, 6.07) is 16.9. The highest BCUT2D eigenvalue weighted by molar-refractivity contribution is 7.98. The van der Waals surface area contributed by atoms with Crippen molar-refractivity contribution in [2.24, 2.45) is 0 Å². The molecule has 0 amide bonds. The van der Waals surface area contributed by atoms with E-state index >= 15 is 0 Å². The quantitative estimate of drug-likeness (QED) is 0.663. The van der Waals surface area contributed by atoms with Crippen LogP contribution in [0.3, 0.4) is 0 Å². The number of benzene rings is 2. The van der Waals surface area contributed by atoms with Crippen molar-refractivity contribution < 1.29 is 0 Å². The predicted molar refractivity (Wildman–Crippen MR) is 84.8 cm³/mol. The van der Waals surface area contributed by atoms with Crippen LogP contribution >= 0.6 is 11.8 Å². The molecule has 0 atom stereocenters. The lowest BCUT2D eigenvalue weighted by Crippen LogP contribution is -2.01. The summed E-state index contributed by atoms with van der Waals surface area (Å²) in [5.74, 6) is 0.962. The normalized spacial score (nSPS) is 13.0. The highest BCUT2D eigenvalue weighted by Gasteiger charge is 2.15. The molecule has 0 N–H and O–H groups in total. The summed E-state index contributed by atoms with van der Waals surface area (Å²) < 4.78 is 2.32. The van der Waals surface area contributed by atoms with Gasteiger partial charge in [0, 0.05) is 17.9 Å². The lowest BCUT2D eigenvalue weighted by atomic mass is 10.1. The molecule has 2 nitrogen and oxygen atoms in total. The summed E-state index contributed by atoms with van der Waals surface area (Å²) in [6.45, 7) is 0.921. The molecule has 0 radical (unpaired) electrons. The highest BCUT2D eigenvalue weighted by atomic mass is 32.2. The zero-order valence-corrected chi connectivity index (χ0v) is 11.8. The van der Waals surface area contributed by atoms with Gasteiger partial charge in [-0.25, -0.2) is 4.98 Å². The summed E-state index contributed by atoms with van der Waals surface area (Å²) in [4.78, 5) is 4.79. The third-order valence-electron chi connectivity index (χ3n) is 3.56. The third kappa shape index (κ3) is 1.95. The average molecular weight is 278 g/mol. The standard InChI is InChI=1S/C17H14N2S/c1-2-6-13(7-3-1)12-20-17-18-15-10-4-8-14-9-5-11-19(17)16(14)15/h1-10H,11-12H2. The van der Waals surface area contributed by atoms with Crippen molar-refractivity contribution in [3.63, 3.8) is 0 Å². The van der Waals surface area contributed by atoms with E-state index in [1.54, 1.807) is 0 Å². The molecule has 0 bridgehead atoms. The Hall–Kier alpha value is -2.00. The predicted octanol–water partition coefficient (Wildman–Crippen LogP) is 4.36. The second-order valence-electron chi connectivity index (χ2n) is 4.90. The minimum atomic E-state index is 0.921. The second kappa shape index (κ2) is 4.84. The molecule has 0 saturated carbocycles. The Bertz CT molecular complexity index is 787. The van der Waals surface area contributed by atoms with Crippen LogP contribution in [0.15, 0.2) is 59.8 Å². The molecule has 1 aliphatic rings. The van der Waals surface area contributed by atoms with Crippen LogP contribution in [0.25, 0.3) is 17.1 Å². The van der Waals surface area contributed by atoms with E-state index in [0.29, 0.717) is 0 Å². The average Bonchev–Trinajstić information content (AvgIpc) is 2.87. The molecule has 0 saturated heterocycles. The van der Waals surface area contributed by atoms with E-state index in [2.05, 4.69) is 65.3 Å². The summed E-state index contributed by atoms with van der Waals surface area (Å²) in [7, 11) is 0. The van der Waals surface area contributed by atoms with Crippen LogP contribution in [-0.2, 0) is 12.3 Å². The first-order valence-corrected chi connectivity index (χ1v) is 7.73. The van der Waals surface area contributed by atoms with E-state index in [4.69, 9.17) is 4.98 Å². The van der Waals surface area contributed by atoms with Gasteiger partial charge in [0.25, 0.3) is 0 Å². The van der Waals surface area contributed by atoms with Gasteiger partial charge < -0.3 is 4.57 Å². The first kappa shape index (κ1) is 11.8. The van der Waals surface area contributed by atoms with E-state index in [-0.39, 0.29) is 0 Å². The molecule has 2 aromatic carbocycles. The number of para-hydroxylation sites is 1. The maximum absolute atomic E-state index is 4.79. The van der Waals surface area contributed by atoms with Crippen molar-refractivity contribution in [2.75, 3.05) is 0 Å². The Morgan fingerprint density at radius 3 is 2.85 bits per heavy atom. The molecule has 0 fully saturated rings. The maximum atomic E-state index is 4.79. The van der Waals surface area contributed by atoms with Gasteiger partial charge in [-0.05, 0) is 11.6 Å². The van der Waals surface area contributed by atoms with Crippen LogP contribution in [0.4, 0.5) is 0 Å². The molecule has 20 heavy (non-hydrogen) atoms. The van der Waals surface area contributed by atoms with Gasteiger partial charge in [0.1, 0.15) is 0 Å². The molecule has 0 unspecified atom stereocenters. The summed E-state index contributed by atoms with van der Waals surface area (Å²) in [6.07, 6.45) is 4.39. The number of hydrogen-bond acceptors (Lipinski definition) is 2. The van der Waals surface area contributed by atoms with Crippen LogP contribution in [0.1, 0.15) is 11.1 Å². The maximum Gasteiger partial charge on any atom is 0.169 e. The molecular weight excluding hydrogens is 264 g/mol. The molecule has 4 rings (SSSR count). The first-order chi connectivity index (χ1) is 9.92. The number of hydrogen-bond donors (Lipinski definition) is 0. The monoisotopic (exact) mass is 278 g/mol. The molecule has 0 spiro atoms. The Labute approximate surface area is 122 Å². The molecule has 1 aromatic heterocycles. The molecule has 0 aliphatic carbocycles. The second-order valence-corrected chi connectivity index (χ2v) is 5.84. The Kier molecular flexibility index (Phi) is 2.85. The fourth-order valence-electron chi connectivity index (χ4n) is 2.61. The van der Waals surface area contributed by atoms with Crippen molar-refractivity contribution in [2.45, 2.75) is 17.5 Å². The molecule has 3 heteroatoms. The van der Waals surface area contributed by atoms with Gasteiger partial charge in [-0.3, -0.25) is 0 Å². The molecular formula is C17H14N2S. The van der Waals surface area contributed by atoms with E-state index < -0.39 is 0 Å². The highest BCUT2D eigenvalue weighted by Crippen LogP contribution is 2.31. The van der Waals surface area contributed by atoms with Gasteiger partial charge in [-0.2, -0.15) is 0 Å². The van der Waals surface area contributed by atoms with Crippen molar-refractivity contribution in [3.05, 3.63) is 65.7 Å². The van der Waals surface area contributed by atoms with E-state index in [0.717, 1.165) is 23.0 Å². The fraction of sp³-hybridized carbons (Fsp3) is 0.118. The van der Waals surface area contributed by atoms with Crippen LogP contribution in [0.5, 0.6) is 0 Å². The number of nitrogens with zero attached hydrogens (tertiary/aromatic N) is 2. The van der Waals surface area contributed by atoms with Crippen molar-refractivity contribution in [1.29, 1.82) is 0 Å². The van der Waals surface area contributed by atoms with Gasteiger partial charge in [0.15, 0.2) is 5.16 Å². The van der Waals surface area contributed by atoms with Crippen molar-refractivity contribution >= 4 is 28.9 Å². The zero-order chi connectivity index (χ0) is 13.4. The summed E-state index contributed by atoms with van der Waals surface area (Å²) >= 11 is 1.81. The SMILES string of the molecule is C1=Cc2cccc3nc(SCc4ccccc4)n(c23)C1. The smallest absolute Gasteiger partial charge is 0.169 e. The Morgan fingerprint density at radius 2 is 1.95 bits per heavy atom. The molecule has 2 heterocycles. The van der Waals surface area contributed by atoms with Crippen molar-refractivity contribution in [3.8, 4) is 0 Å². The largest absolute Gasteiger partial charge is 0.315 e. The van der Waals surface area contributed by atoms with Crippen molar-refractivity contribution in [1.82, 2.24) is 9.55 Å². The number of thioether (sulfide) groups is 1. The van der Waals surface area contributed by atoms with E-state index in [9.17, 15) is 0 Å². The van der Waals surface area contributed by atoms with E-state index in [1.807, 2.05) is 11.8 Å². The van der Waals surface area contributed by atoms with Gasteiger partial charge in [0.2, 0.25) is 0 Å². The minimum Gasteiger partial charge on any atom is -0.315 e. The van der Waals surface area contributed by atoms with Crippen LogP contribution in [0, 0.1) is 0 Å². The summed E-state index contributed by atoms with van der Waals surface area (Å²) in [5, 5.41) is 1.11. The van der Waals surface area contributed by atoms with Gasteiger partial charge in [-0.15, -0.1) is 0 Å². The third-order valence-corrected chi connectivity index (χ3v) is 4.61. The van der Waals surface area contributed by atoms with Crippen LogP contribution < -0.4 is 0 Å². The van der Waals surface area contributed by atoms with Gasteiger partial charge in [0.05, 0.1) is 11.0 Å². The lowest BCUT2D eigenvalue weighted by molar-refractivity contribution is 0.744. The van der Waals surface area contributed by atoms with Crippen LogP contribution in [0.2, 0.25) is 0 Å². The van der Waals surface area contributed by atoms with E-state index in [1.165, 1.54) is 16.6 Å². The fourth-order valence-corrected chi connectivity index (χ4v) is 3.59. The Balaban J connectivity index is 1.70. The van der Waals surface area contributed by atoms with Gasteiger partial charge >= 0.3 is 0 Å². The topological polar surface area (TPSA) is 17.8 Å². The minimum absolute atomic E-state index is 0.921. The number of aromatic nitrogens is 2.